The van der Waals surface area contributed by atoms with Crippen LogP contribution in [0.5, 0.6) is 5.75 Å². The van der Waals surface area contributed by atoms with Gasteiger partial charge in [0.2, 0.25) is 5.96 Å². The monoisotopic (exact) mass is 220 g/mol. The molecule has 0 aromatic heterocycles. The molecule has 0 unspecified atom stereocenters. The molecule has 0 fully saturated rings. The summed E-state index contributed by atoms with van der Waals surface area (Å²) in [5.74, 6) is 0.802. The lowest BCUT2D eigenvalue weighted by Gasteiger charge is -2.02. The van der Waals surface area contributed by atoms with E-state index in [2.05, 4.69) is 10.2 Å². The molecule has 16 heavy (non-hydrogen) atoms. The normalized spacial score (nSPS) is 11.0. The summed E-state index contributed by atoms with van der Waals surface area (Å²) in [6, 6.07) is 7.77. The maximum atomic E-state index is 5.18. The summed E-state index contributed by atoms with van der Waals surface area (Å²) in [6.07, 6.45) is 0.709. The average molecular weight is 220 g/mol. The van der Waals surface area contributed by atoms with Crippen LogP contribution in [-0.4, -0.2) is 18.8 Å². The lowest BCUT2D eigenvalue weighted by atomic mass is 10.1. The van der Waals surface area contributed by atoms with Gasteiger partial charge in [0.25, 0.3) is 0 Å². The van der Waals surface area contributed by atoms with Gasteiger partial charge >= 0.3 is 0 Å². The minimum absolute atomic E-state index is 0.0333. The molecule has 0 saturated carbocycles. The van der Waals surface area contributed by atoms with E-state index in [0.29, 0.717) is 6.42 Å². The van der Waals surface area contributed by atoms with Gasteiger partial charge in [-0.3, -0.25) is 0 Å². The van der Waals surface area contributed by atoms with Gasteiger partial charge in [-0.15, -0.1) is 5.10 Å². The van der Waals surface area contributed by atoms with Crippen LogP contribution in [0.1, 0.15) is 12.5 Å². The van der Waals surface area contributed by atoms with Crippen molar-refractivity contribution in [3.8, 4) is 5.75 Å². The van der Waals surface area contributed by atoms with E-state index in [-0.39, 0.29) is 5.96 Å². The molecule has 0 heterocycles. The van der Waals surface area contributed by atoms with Crippen molar-refractivity contribution in [2.24, 2.45) is 21.7 Å². The summed E-state index contributed by atoms with van der Waals surface area (Å²) in [4.78, 5) is 0. The van der Waals surface area contributed by atoms with Gasteiger partial charge in [-0.2, -0.15) is 5.10 Å². The van der Waals surface area contributed by atoms with Crippen LogP contribution >= 0.6 is 0 Å². The fourth-order valence-electron chi connectivity index (χ4n) is 1.22. The molecule has 1 aromatic carbocycles. The number of rotatable bonds is 4. The van der Waals surface area contributed by atoms with Crippen molar-refractivity contribution in [2.75, 3.05) is 7.11 Å². The number of benzene rings is 1. The highest BCUT2D eigenvalue weighted by atomic mass is 16.5. The van der Waals surface area contributed by atoms with Crippen molar-refractivity contribution >= 4 is 11.7 Å². The highest BCUT2D eigenvalue weighted by Gasteiger charge is 1.97. The summed E-state index contributed by atoms with van der Waals surface area (Å²) in [7, 11) is 1.64. The van der Waals surface area contributed by atoms with Crippen molar-refractivity contribution in [2.45, 2.75) is 13.3 Å². The van der Waals surface area contributed by atoms with Crippen molar-refractivity contribution in [1.82, 2.24) is 0 Å². The quantitative estimate of drug-likeness (QED) is 0.449. The van der Waals surface area contributed by atoms with Crippen LogP contribution in [0.15, 0.2) is 34.5 Å². The van der Waals surface area contributed by atoms with E-state index in [4.69, 9.17) is 16.2 Å². The molecule has 1 rings (SSSR count). The molecule has 0 atom stereocenters. The topological polar surface area (TPSA) is 86.0 Å². The number of ether oxygens (including phenoxy) is 1. The minimum atomic E-state index is -0.0333. The molecule has 5 heteroatoms. The second kappa shape index (κ2) is 5.75. The maximum absolute atomic E-state index is 5.18. The van der Waals surface area contributed by atoms with Crippen LogP contribution in [0.2, 0.25) is 0 Å². The molecule has 5 nitrogen and oxygen atoms in total. The molecule has 0 aliphatic carbocycles. The summed E-state index contributed by atoms with van der Waals surface area (Å²) in [6.45, 7) is 1.87. The molecular formula is C11H16N4O. The summed E-state index contributed by atoms with van der Waals surface area (Å²) in [5.41, 5.74) is 12.3. The van der Waals surface area contributed by atoms with E-state index >= 15 is 0 Å². The molecule has 0 amide bonds. The summed E-state index contributed by atoms with van der Waals surface area (Å²) < 4.78 is 5.07. The first-order valence-electron chi connectivity index (χ1n) is 4.87. The fourth-order valence-corrected chi connectivity index (χ4v) is 1.22. The maximum Gasteiger partial charge on any atom is 0.211 e. The number of methoxy groups -OCH3 is 1. The molecule has 86 valence electrons. The van der Waals surface area contributed by atoms with E-state index in [9.17, 15) is 0 Å². The van der Waals surface area contributed by atoms with Gasteiger partial charge in [-0.1, -0.05) is 12.1 Å². The number of nitrogens with two attached hydrogens (primary N) is 2. The van der Waals surface area contributed by atoms with Gasteiger partial charge < -0.3 is 16.2 Å². The summed E-state index contributed by atoms with van der Waals surface area (Å²) in [5, 5.41) is 7.47. The van der Waals surface area contributed by atoms with Crippen LogP contribution in [0, 0.1) is 0 Å². The predicted molar refractivity (Wildman–Crippen MR) is 65.6 cm³/mol. The van der Waals surface area contributed by atoms with Crippen LogP contribution < -0.4 is 16.2 Å². The highest BCUT2D eigenvalue weighted by Crippen LogP contribution is 2.11. The Bertz CT molecular complexity index is 391. The summed E-state index contributed by atoms with van der Waals surface area (Å²) >= 11 is 0. The third-order valence-electron chi connectivity index (χ3n) is 1.96. The third-order valence-corrected chi connectivity index (χ3v) is 1.96. The molecule has 0 aliphatic heterocycles. The molecule has 0 bridgehead atoms. The highest BCUT2D eigenvalue weighted by molar-refractivity contribution is 5.85. The first kappa shape index (κ1) is 12.0. The Balaban J connectivity index is 2.66. The minimum Gasteiger partial charge on any atom is -0.497 e. The molecule has 0 spiro atoms. The van der Waals surface area contributed by atoms with Crippen LogP contribution in [0.3, 0.4) is 0 Å². The standard InChI is InChI=1S/C11H16N4O/c1-8(14-15-11(12)13)7-9-3-5-10(16-2)6-4-9/h3-6H,7H2,1-2H3,(H4,12,13,15). The molecule has 4 N–H and O–H groups in total. The largest absolute Gasteiger partial charge is 0.497 e. The second-order valence-electron chi connectivity index (χ2n) is 3.38. The Morgan fingerprint density at radius 2 is 1.81 bits per heavy atom. The Hall–Kier alpha value is -2.04. The smallest absolute Gasteiger partial charge is 0.211 e. The zero-order valence-corrected chi connectivity index (χ0v) is 9.47. The van der Waals surface area contributed by atoms with Gasteiger partial charge in [0, 0.05) is 12.1 Å². The van der Waals surface area contributed by atoms with Crippen molar-refractivity contribution in [1.29, 1.82) is 0 Å². The van der Waals surface area contributed by atoms with Gasteiger partial charge in [0.15, 0.2) is 0 Å². The van der Waals surface area contributed by atoms with Crippen molar-refractivity contribution in [3.63, 3.8) is 0 Å². The Morgan fingerprint density at radius 1 is 1.19 bits per heavy atom. The number of nitrogens with zero attached hydrogens (tertiary/aromatic N) is 2. The Morgan fingerprint density at radius 3 is 2.31 bits per heavy atom. The van der Waals surface area contributed by atoms with E-state index in [1.807, 2.05) is 31.2 Å². The first-order valence-corrected chi connectivity index (χ1v) is 4.87. The molecule has 0 radical (unpaired) electrons. The average Bonchev–Trinajstić information content (AvgIpc) is 2.27. The van der Waals surface area contributed by atoms with E-state index in [1.165, 1.54) is 0 Å². The zero-order valence-electron chi connectivity index (χ0n) is 9.47. The van der Waals surface area contributed by atoms with Crippen LogP contribution in [0.25, 0.3) is 0 Å². The molecular weight excluding hydrogens is 204 g/mol. The van der Waals surface area contributed by atoms with E-state index in [0.717, 1.165) is 17.0 Å². The Labute approximate surface area is 94.8 Å². The second-order valence-corrected chi connectivity index (χ2v) is 3.38. The Kier molecular flexibility index (Phi) is 4.32. The molecule has 1 aromatic rings. The van der Waals surface area contributed by atoms with Gasteiger partial charge in [0.05, 0.1) is 7.11 Å². The fraction of sp³-hybridized carbons (Fsp3) is 0.273. The SMILES string of the molecule is COc1ccc(CC(C)=NN=C(N)N)cc1. The van der Waals surface area contributed by atoms with Crippen LogP contribution in [0.4, 0.5) is 0 Å². The van der Waals surface area contributed by atoms with E-state index in [1.54, 1.807) is 7.11 Å². The molecule has 0 saturated heterocycles. The van der Waals surface area contributed by atoms with Gasteiger partial charge in [-0.05, 0) is 24.6 Å². The van der Waals surface area contributed by atoms with Crippen molar-refractivity contribution < 1.29 is 4.74 Å². The first-order chi connectivity index (χ1) is 7.61. The number of guanidine groups is 1. The number of hydrogen-bond donors (Lipinski definition) is 2. The number of hydrogen-bond acceptors (Lipinski definition) is 3. The van der Waals surface area contributed by atoms with Gasteiger partial charge in [0.1, 0.15) is 5.75 Å². The molecule has 0 aliphatic rings. The van der Waals surface area contributed by atoms with Crippen molar-refractivity contribution in [3.05, 3.63) is 29.8 Å². The lowest BCUT2D eigenvalue weighted by molar-refractivity contribution is 0.414. The third kappa shape index (κ3) is 4.00. The predicted octanol–water partition coefficient (Wildman–Crippen LogP) is 0.887. The zero-order chi connectivity index (χ0) is 12.0. The van der Waals surface area contributed by atoms with E-state index < -0.39 is 0 Å². The van der Waals surface area contributed by atoms with Gasteiger partial charge in [-0.25, -0.2) is 0 Å². The van der Waals surface area contributed by atoms with Crippen LogP contribution in [-0.2, 0) is 6.42 Å². The lowest BCUT2D eigenvalue weighted by Crippen LogP contribution is -2.22.